The number of carbonyl (C=O) groups excluding carboxylic acids is 2. The molecule has 2 fully saturated rings. The Labute approximate surface area is 127 Å². The van der Waals surface area contributed by atoms with E-state index >= 15 is 0 Å². The van der Waals surface area contributed by atoms with Gasteiger partial charge in [-0.3, -0.25) is 9.59 Å². The molecule has 114 valence electrons. The number of piperazine rings is 1. The number of hydrogen-bond donors (Lipinski definition) is 2. The summed E-state index contributed by atoms with van der Waals surface area (Å²) < 4.78 is 5.68. The van der Waals surface area contributed by atoms with E-state index in [1.165, 1.54) is 11.3 Å². The number of hydrogen-bond acceptors (Lipinski definition) is 5. The molecular weight excluding hydrogens is 290 g/mol. The highest BCUT2D eigenvalue weighted by Gasteiger charge is 2.40. The molecule has 0 aromatic carbocycles. The molecule has 0 spiro atoms. The monoisotopic (exact) mass is 309 g/mol. The van der Waals surface area contributed by atoms with Crippen LogP contribution in [0.1, 0.15) is 23.8 Å². The van der Waals surface area contributed by atoms with Gasteiger partial charge in [0, 0.05) is 24.5 Å². The molecule has 0 bridgehead atoms. The molecule has 2 amide bonds. The number of carbonyl (C=O) groups is 2. The maximum atomic E-state index is 12.7. The average molecular weight is 309 g/mol. The van der Waals surface area contributed by atoms with Crippen molar-refractivity contribution in [1.82, 2.24) is 10.2 Å². The summed E-state index contributed by atoms with van der Waals surface area (Å²) in [4.78, 5) is 27.4. The highest BCUT2D eigenvalue weighted by molar-refractivity contribution is 7.10. The molecule has 2 aliphatic rings. The van der Waals surface area contributed by atoms with E-state index in [-0.39, 0.29) is 17.9 Å². The minimum atomic E-state index is -0.535. The van der Waals surface area contributed by atoms with E-state index in [9.17, 15) is 9.59 Å². The van der Waals surface area contributed by atoms with Crippen molar-refractivity contribution in [1.29, 1.82) is 0 Å². The minimum absolute atomic E-state index is 0.0437. The Balaban J connectivity index is 1.78. The van der Waals surface area contributed by atoms with E-state index in [1.807, 2.05) is 17.5 Å². The van der Waals surface area contributed by atoms with Gasteiger partial charge >= 0.3 is 0 Å². The Kier molecular flexibility index (Phi) is 4.23. The van der Waals surface area contributed by atoms with Gasteiger partial charge in [0.1, 0.15) is 12.1 Å². The SMILES string of the molecule is NC[C@H]1CC[C@@H](C(=O)N2CCNC(=O)C2c2cccs2)O1. The third kappa shape index (κ3) is 2.81. The number of ether oxygens (including phenoxy) is 1. The molecule has 3 rings (SSSR count). The van der Waals surface area contributed by atoms with Gasteiger partial charge in [-0.1, -0.05) is 6.07 Å². The molecule has 0 saturated carbocycles. The molecule has 1 unspecified atom stereocenters. The Hall–Kier alpha value is -1.44. The van der Waals surface area contributed by atoms with E-state index in [4.69, 9.17) is 10.5 Å². The molecule has 3 N–H and O–H groups in total. The second kappa shape index (κ2) is 6.13. The van der Waals surface area contributed by atoms with Gasteiger partial charge in [0.15, 0.2) is 0 Å². The highest BCUT2D eigenvalue weighted by atomic mass is 32.1. The first kappa shape index (κ1) is 14.5. The molecule has 21 heavy (non-hydrogen) atoms. The Morgan fingerprint density at radius 3 is 3.05 bits per heavy atom. The number of rotatable bonds is 3. The predicted octanol–water partition coefficient (Wildman–Crippen LogP) is 0.254. The van der Waals surface area contributed by atoms with Crippen molar-refractivity contribution in [2.75, 3.05) is 19.6 Å². The fraction of sp³-hybridized carbons (Fsp3) is 0.571. The molecule has 1 aromatic rings. The first-order chi connectivity index (χ1) is 10.2. The van der Waals surface area contributed by atoms with Gasteiger partial charge in [-0.2, -0.15) is 0 Å². The van der Waals surface area contributed by atoms with Crippen molar-refractivity contribution >= 4 is 23.2 Å². The van der Waals surface area contributed by atoms with Gasteiger partial charge in [0.2, 0.25) is 5.91 Å². The van der Waals surface area contributed by atoms with Crippen molar-refractivity contribution in [3.8, 4) is 0 Å². The predicted molar refractivity (Wildman–Crippen MR) is 78.7 cm³/mol. The maximum absolute atomic E-state index is 12.7. The zero-order chi connectivity index (χ0) is 14.8. The summed E-state index contributed by atoms with van der Waals surface area (Å²) >= 11 is 1.49. The lowest BCUT2D eigenvalue weighted by molar-refractivity contribution is -0.151. The van der Waals surface area contributed by atoms with E-state index in [2.05, 4.69) is 5.32 Å². The van der Waals surface area contributed by atoms with Crippen molar-refractivity contribution in [3.05, 3.63) is 22.4 Å². The lowest BCUT2D eigenvalue weighted by atomic mass is 10.1. The van der Waals surface area contributed by atoms with E-state index in [1.54, 1.807) is 4.90 Å². The van der Waals surface area contributed by atoms with Crippen LogP contribution in [-0.4, -0.2) is 48.6 Å². The lowest BCUT2D eigenvalue weighted by Crippen LogP contribution is -2.54. The lowest BCUT2D eigenvalue weighted by Gasteiger charge is -2.35. The van der Waals surface area contributed by atoms with Gasteiger partial charge in [0.05, 0.1) is 6.10 Å². The summed E-state index contributed by atoms with van der Waals surface area (Å²) in [5, 5.41) is 4.74. The normalized spacial score (nSPS) is 29.5. The third-order valence-corrected chi connectivity index (χ3v) is 4.88. The zero-order valence-corrected chi connectivity index (χ0v) is 12.5. The Bertz CT molecular complexity index is 520. The molecular formula is C14H19N3O3S. The largest absolute Gasteiger partial charge is 0.364 e. The van der Waals surface area contributed by atoms with Crippen molar-refractivity contribution in [2.24, 2.45) is 5.73 Å². The number of thiophene rings is 1. The molecule has 1 aromatic heterocycles. The number of nitrogens with two attached hydrogens (primary N) is 1. The molecule has 0 radical (unpaired) electrons. The van der Waals surface area contributed by atoms with E-state index in [0.717, 1.165) is 11.3 Å². The first-order valence-corrected chi connectivity index (χ1v) is 8.06. The number of nitrogens with one attached hydrogen (secondary N) is 1. The van der Waals surface area contributed by atoms with Crippen LogP contribution in [0.5, 0.6) is 0 Å². The fourth-order valence-corrected chi connectivity index (χ4v) is 3.71. The van der Waals surface area contributed by atoms with E-state index < -0.39 is 12.1 Å². The second-order valence-electron chi connectivity index (χ2n) is 5.30. The quantitative estimate of drug-likeness (QED) is 0.838. The molecule has 2 saturated heterocycles. The molecule has 6 nitrogen and oxygen atoms in total. The smallest absolute Gasteiger partial charge is 0.252 e. The summed E-state index contributed by atoms with van der Waals surface area (Å²) in [6.45, 7) is 1.43. The maximum Gasteiger partial charge on any atom is 0.252 e. The van der Waals surface area contributed by atoms with Crippen LogP contribution in [0.2, 0.25) is 0 Å². The summed E-state index contributed by atoms with van der Waals surface area (Å²) in [6.07, 6.45) is 0.969. The van der Waals surface area contributed by atoms with Gasteiger partial charge < -0.3 is 20.7 Å². The Morgan fingerprint density at radius 1 is 1.52 bits per heavy atom. The number of nitrogens with zero attached hydrogens (tertiary/aromatic N) is 1. The molecule has 3 heterocycles. The molecule has 2 aliphatic heterocycles. The molecule has 3 atom stereocenters. The van der Waals surface area contributed by atoms with Gasteiger partial charge in [0.25, 0.3) is 5.91 Å². The Morgan fingerprint density at radius 2 is 2.38 bits per heavy atom. The van der Waals surface area contributed by atoms with Crippen LogP contribution in [0.15, 0.2) is 17.5 Å². The molecule has 0 aliphatic carbocycles. The van der Waals surface area contributed by atoms with Gasteiger partial charge in [-0.05, 0) is 24.3 Å². The fourth-order valence-electron chi connectivity index (χ4n) is 2.88. The van der Waals surface area contributed by atoms with Crippen LogP contribution >= 0.6 is 11.3 Å². The van der Waals surface area contributed by atoms with E-state index in [0.29, 0.717) is 26.1 Å². The van der Waals surface area contributed by atoms with Crippen molar-refractivity contribution < 1.29 is 14.3 Å². The van der Waals surface area contributed by atoms with Gasteiger partial charge in [-0.25, -0.2) is 0 Å². The van der Waals surface area contributed by atoms with Gasteiger partial charge in [-0.15, -0.1) is 11.3 Å². The van der Waals surface area contributed by atoms with Crippen molar-refractivity contribution in [2.45, 2.75) is 31.1 Å². The van der Waals surface area contributed by atoms with Crippen LogP contribution < -0.4 is 11.1 Å². The number of amides is 2. The summed E-state index contributed by atoms with van der Waals surface area (Å²) in [5.74, 6) is -0.218. The first-order valence-electron chi connectivity index (χ1n) is 7.18. The standard InChI is InChI=1S/C14H19N3O3S/c15-8-9-3-4-10(20-9)14(19)17-6-5-16-13(18)12(17)11-2-1-7-21-11/h1-2,7,9-10,12H,3-6,8,15H2,(H,16,18)/t9-,10+,12?/m1/s1. The zero-order valence-electron chi connectivity index (χ0n) is 11.7. The molecule has 7 heteroatoms. The van der Waals surface area contributed by atoms with Crippen LogP contribution in [-0.2, 0) is 14.3 Å². The second-order valence-corrected chi connectivity index (χ2v) is 6.28. The summed E-state index contributed by atoms with van der Waals surface area (Å²) in [5.41, 5.74) is 5.59. The van der Waals surface area contributed by atoms with Crippen LogP contribution in [0.3, 0.4) is 0 Å². The topological polar surface area (TPSA) is 84.7 Å². The minimum Gasteiger partial charge on any atom is -0.364 e. The highest BCUT2D eigenvalue weighted by Crippen LogP contribution is 2.30. The van der Waals surface area contributed by atoms with Crippen molar-refractivity contribution in [3.63, 3.8) is 0 Å². The summed E-state index contributed by atoms with van der Waals surface area (Å²) in [7, 11) is 0. The van der Waals surface area contributed by atoms with Crippen LogP contribution in [0.25, 0.3) is 0 Å². The van der Waals surface area contributed by atoms with Crippen LogP contribution in [0, 0.1) is 0 Å². The average Bonchev–Trinajstić information content (AvgIpc) is 3.17. The third-order valence-electron chi connectivity index (χ3n) is 3.95. The van der Waals surface area contributed by atoms with Crippen LogP contribution in [0.4, 0.5) is 0 Å². The summed E-state index contributed by atoms with van der Waals surface area (Å²) in [6, 6.07) is 3.24.